The third kappa shape index (κ3) is 3.02. The van der Waals surface area contributed by atoms with Gasteiger partial charge in [-0.3, -0.25) is 4.57 Å². The third-order valence-corrected chi connectivity index (χ3v) is 3.32. The summed E-state index contributed by atoms with van der Waals surface area (Å²) in [6, 6.07) is -0.681. The fraction of sp³-hybridized carbons (Fsp3) is 1.00. The molecule has 0 bridgehead atoms. The summed E-state index contributed by atoms with van der Waals surface area (Å²) in [4.78, 5) is 17.3. The Morgan fingerprint density at radius 3 is 2.21 bits per heavy atom. The maximum Gasteiger partial charge on any atom is 0.325 e. The minimum absolute atomic E-state index is 0.160. The van der Waals surface area contributed by atoms with Gasteiger partial charge in [-0.25, -0.2) is 0 Å². The van der Waals surface area contributed by atoms with E-state index in [2.05, 4.69) is 5.32 Å². The molecule has 0 aromatic heterocycles. The van der Waals surface area contributed by atoms with E-state index in [0.717, 1.165) is 0 Å². The van der Waals surface area contributed by atoms with Crippen LogP contribution in [-0.2, 0) is 4.57 Å². The fourth-order valence-corrected chi connectivity index (χ4v) is 2.24. The average Bonchev–Trinajstić information content (AvgIpc) is 2.28. The van der Waals surface area contributed by atoms with E-state index >= 15 is 0 Å². The van der Waals surface area contributed by atoms with E-state index in [-0.39, 0.29) is 18.6 Å². The minimum atomic E-state index is -4.02. The quantitative estimate of drug-likeness (QED) is 0.379. The van der Waals surface area contributed by atoms with E-state index in [1.807, 2.05) is 0 Å². The maximum absolute atomic E-state index is 10.6. The van der Waals surface area contributed by atoms with Crippen LogP contribution in [0.3, 0.4) is 0 Å². The molecule has 5 N–H and O–H groups in total. The molecule has 4 unspecified atom stereocenters. The van der Waals surface area contributed by atoms with Gasteiger partial charge in [-0.1, -0.05) is 0 Å². The molecule has 84 valence electrons. The van der Waals surface area contributed by atoms with Gasteiger partial charge in [0.05, 0.1) is 18.4 Å². The van der Waals surface area contributed by atoms with E-state index in [4.69, 9.17) is 9.79 Å². The topological polar surface area (TPSA) is 110 Å². The zero-order valence-corrected chi connectivity index (χ0v) is 8.76. The Morgan fingerprint density at radius 2 is 1.86 bits per heavy atom. The van der Waals surface area contributed by atoms with Gasteiger partial charge in [0.2, 0.25) is 0 Å². The normalized spacial score (nSPS) is 38.9. The second-order valence-electron chi connectivity index (χ2n) is 3.72. The summed E-state index contributed by atoms with van der Waals surface area (Å²) in [5.41, 5.74) is 0. The van der Waals surface area contributed by atoms with E-state index in [1.165, 1.54) is 0 Å². The van der Waals surface area contributed by atoms with Crippen LogP contribution in [0.25, 0.3) is 0 Å². The molecule has 0 spiro atoms. The summed E-state index contributed by atoms with van der Waals surface area (Å²) in [5, 5.41) is 21.7. The molecule has 1 aliphatic heterocycles. The molecular weight excluding hydrogens is 209 g/mol. The first-order chi connectivity index (χ1) is 6.31. The van der Waals surface area contributed by atoms with Crippen LogP contribution >= 0.6 is 7.60 Å². The van der Waals surface area contributed by atoms with Crippen LogP contribution in [0.1, 0.15) is 13.3 Å². The van der Waals surface area contributed by atoms with Crippen LogP contribution < -0.4 is 5.32 Å². The Labute approximate surface area is 82.1 Å². The third-order valence-electron chi connectivity index (χ3n) is 2.48. The highest BCUT2D eigenvalue weighted by Gasteiger charge is 2.38. The van der Waals surface area contributed by atoms with Gasteiger partial charge in [-0.2, -0.15) is 0 Å². The molecule has 7 heteroatoms. The van der Waals surface area contributed by atoms with Gasteiger partial charge in [0.1, 0.15) is 0 Å². The van der Waals surface area contributed by atoms with Gasteiger partial charge < -0.3 is 25.3 Å². The second-order valence-corrected chi connectivity index (χ2v) is 5.50. The summed E-state index contributed by atoms with van der Waals surface area (Å²) >= 11 is 0. The highest BCUT2D eigenvalue weighted by molar-refractivity contribution is 7.51. The number of hydrogen-bond acceptors (Lipinski definition) is 4. The Bertz CT molecular complexity index is 242. The Morgan fingerprint density at radius 1 is 1.29 bits per heavy atom. The van der Waals surface area contributed by atoms with Crippen LogP contribution in [0, 0.1) is 0 Å². The van der Waals surface area contributed by atoms with Crippen molar-refractivity contribution in [3.8, 4) is 0 Å². The summed E-state index contributed by atoms with van der Waals surface area (Å²) in [5.74, 6) is 0. The van der Waals surface area contributed by atoms with Crippen molar-refractivity contribution in [1.82, 2.24) is 5.32 Å². The number of rotatable bonds is 3. The van der Waals surface area contributed by atoms with Gasteiger partial charge in [0.15, 0.2) is 0 Å². The van der Waals surface area contributed by atoms with Gasteiger partial charge in [-0.05, 0) is 13.3 Å². The van der Waals surface area contributed by atoms with Crippen molar-refractivity contribution in [2.45, 2.75) is 37.6 Å². The molecule has 0 saturated carbocycles. The Balaban J connectivity index is 2.44. The van der Waals surface area contributed by atoms with Crippen molar-refractivity contribution in [3.05, 3.63) is 0 Å². The zero-order chi connectivity index (χ0) is 10.9. The average molecular weight is 225 g/mol. The first-order valence-electron chi connectivity index (χ1n) is 4.48. The molecule has 0 aliphatic carbocycles. The summed E-state index contributed by atoms with van der Waals surface area (Å²) < 4.78 is 10.6. The van der Waals surface area contributed by atoms with Gasteiger partial charge in [0.25, 0.3) is 0 Å². The highest BCUT2D eigenvalue weighted by Crippen LogP contribution is 2.36. The van der Waals surface area contributed by atoms with Crippen molar-refractivity contribution in [2.75, 3.05) is 6.16 Å². The molecule has 4 atom stereocenters. The van der Waals surface area contributed by atoms with Gasteiger partial charge >= 0.3 is 7.60 Å². The SMILES string of the molecule is CC1NC(CCP(=O)(O)O)C(O)C1O. The molecule has 0 aromatic rings. The predicted molar refractivity (Wildman–Crippen MR) is 49.9 cm³/mol. The smallest absolute Gasteiger partial charge is 0.325 e. The molecule has 0 radical (unpaired) electrons. The number of aliphatic hydroxyl groups is 2. The summed E-state index contributed by atoms with van der Waals surface area (Å²) in [7, 11) is -4.02. The molecular formula is C7H16NO5P. The van der Waals surface area contributed by atoms with Crippen LogP contribution in [0.5, 0.6) is 0 Å². The second kappa shape index (κ2) is 4.26. The predicted octanol–water partition coefficient (Wildman–Crippen LogP) is -1.36. The monoisotopic (exact) mass is 225 g/mol. The maximum atomic E-state index is 10.6. The molecule has 1 fully saturated rings. The largest absolute Gasteiger partial charge is 0.389 e. The molecule has 6 nitrogen and oxygen atoms in total. The van der Waals surface area contributed by atoms with Crippen molar-refractivity contribution in [2.24, 2.45) is 0 Å². The molecule has 14 heavy (non-hydrogen) atoms. The number of hydrogen-bond donors (Lipinski definition) is 5. The van der Waals surface area contributed by atoms with E-state index in [9.17, 15) is 14.8 Å². The van der Waals surface area contributed by atoms with Crippen molar-refractivity contribution < 1.29 is 24.6 Å². The van der Waals surface area contributed by atoms with E-state index < -0.39 is 25.8 Å². The van der Waals surface area contributed by atoms with Gasteiger partial charge in [0, 0.05) is 12.1 Å². The van der Waals surface area contributed by atoms with Crippen LogP contribution in [-0.4, -0.2) is 50.5 Å². The van der Waals surface area contributed by atoms with Crippen molar-refractivity contribution in [1.29, 1.82) is 0 Å². The lowest BCUT2D eigenvalue weighted by Gasteiger charge is -2.15. The zero-order valence-electron chi connectivity index (χ0n) is 7.87. The molecule has 1 saturated heterocycles. The Kier molecular flexibility index (Phi) is 3.69. The number of aliphatic hydroxyl groups excluding tert-OH is 2. The lowest BCUT2D eigenvalue weighted by molar-refractivity contribution is 0.0298. The highest BCUT2D eigenvalue weighted by atomic mass is 31.2. The van der Waals surface area contributed by atoms with Crippen LogP contribution in [0.15, 0.2) is 0 Å². The molecule has 1 heterocycles. The molecule has 0 aromatic carbocycles. The molecule has 1 rings (SSSR count). The lowest BCUT2D eigenvalue weighted by atomic mass is 10.1. The van der Waals surface area contributed by atoms with E-state index in [0.29, 0.717) is 0 Å². The first-order valence-corrected chi connectivity index (χ1v) is 6.28. The Hall–Kier alpha value is 0.0300. The van der Waals surface area contributed by atoms with Crippen molar-refractivity contribution >= 4 is 7.60 Å². The molecule has 1 aliphatic rings. The van der Waals surface area contributed by atoms with Crippen molar-refractivity contribution in [3.63, 3.8) is 0 Å². The summed E-state index contributed by atoms with van der Waals surface area (Å²) in [6.07, 6.45) is -1.93. The van der Waals surface area contributed by atoms with Gasteiger partial charge in [-0.15, -0.1) is 0 Å². The first kappa shape index (κ1) is 12.1. The lowest BCUT2D eigenvalue weighted by Crippen LogP contribution is -2.33. The van der Waals surface area contributed by atoms with Crippen LogP contribution in [0.2, 0.25) is 0 Å². The fourth-order valence-electron chi connectivity index (χ4n) is 1.63. The van der Waals surface area contributed by atoms with E-state index in [1.54, 1.807) is 6.92 Å². The molecule has 0 amide bonds. The summed E-state index contributed by atoms with van der Waals surface area (Å²) in [6.45, 7) is 1.71. The van der Waals surface area contributed by atoms with Crippen LogP contribution in [0.4, 0.5) is 0 Å². The number of nitrogens with one attached hydrogen (secondary N) is 1. The minimum Gasteiger partial charge on any atom is -0.389 e. The standard InChI is InChI=1S/C7H16NO5P/c1-4-6(9)7(10)5(8-4)2-3-14(11,12)13/h4-10H,2-3H2,1H3,(H2,11,12,13).